The second kappa shape index (κ2) is 8.66. The highest BCUT2D eigenvalue weighted by Crippen LogP contribution is 2.24. The molecule has 0 aliphatic carbocycles. The zero-order valence-electron chi connectivity index (χ0n) is 16.7. The van der Waals surface area contributed by atoms with Gasteiger partial charge in [0, 0.05) is 6.04 Å². The number of amides is 1. The Bertz CT molecular complexity index is 1210. The molecule has 0 aliphatic heterocycles. The van der Waals surface area contributed by atoms with Gasteiger partial charge < -0.3 is 14.6 Å². The second-order valence-corrected chi connectivity index (χ2v) is 6.84. The predicted octanol–water partition coefficient (Wildman–Crippen LogP) is 3.89. The molecule has 0 atom stereocenters. The molecule has 1 N–H and O–H groups in total. The SMILES string of the molecule is CC(C)n1cnnc1-c1cccc(NC(=O)c2cc(Oc3cncnc3)ccc2F)n1. The van der Waals surface area contributed by atoms with Gasteiger partial charge in [0.05, 0.1) is 18.0 Å². The highest BCUT2D eigenvalue weighted by atomic mass is 19.1. The second-order valence-electron chi connectivity index (χ2n) is 6.84. The number of pyridine rings is 1. The lowest BCUT2D eigenvalue weighted by Gasteiger charge is -2.11. The van der Waals surface area contributed by atoms with Gasteiger partial charge in [-0.1, -0.05) is 6.07 Å². The number of nitrogens with zero attached hydrogens (tertiary/aromatic N) is 6. The van der Waals surface area contributed by atoms with E-state index in [1.165, 1.54) is 30.9 Å². The third-order valence-electron chi connectivity index (χ3n) is 4.30. The van der Waals surface area contributed by atoms with Gasteiger partial charge in [0.2, 0.25) is 0 Å². The number of rotatable bonds is 6. The van der Waals surface area contributed by atoms with E-state index in [0.29, 0.717) is 17.3 Å². The van der Waals surface area contributed by atoms with Gasteiger partial charge in [-0.15, -0.1) is 10.2 Å². The largest absolute Gasteiger partial charge is 0.454 e. The number of carbonyl (C=O) groups is 1. The number of nitrogens with one attached hydrogen (secondary N) is 1. The summed E-state index contributed by atoms with van der Waals surface area (Å²) in [7, 11) is 0. The number of aromatic nitrogens is 6. The lowest BCUT2D eigenvalue weighted by Crippen LogP contribution is -2.15. The van der Waals surface area contributed by atoms with Crippen LogP contribution in [0.4, 0.5) is 10.2 Å². The van der Waals surface area contributed by atoms with E-state index in [2.05, 4.69) is 30.5 Å². The highest BCUT2D eigenvalue weighted by Gasteiger charge is 2.16. The van der Waals surface area contributed by atoms with E-state index in [0.717, 1.165) is 6.07 Å². The van der Waals surface area contributed by atoms with Crippen LogP contribution in [0.25, 0.3) is 11.5 Å². The van der Waals surface area contributed by atoms with Gasteiger partial charge in [-0.05, 0) is 44.2 Å². The minimum absolute atomic E-state index is 0.136. The first kappa shape index (κ1) is 20.1. The monoisotopic (exact) mass is 419 g/mol. The number of ether oxygens (including phenoxy) is 1. The maximum absolute atomic E-state index is 14.3. The maximum atomic E-state index is 14.3. The van der Waals surface area contributed by atoms with Crippen molar-refractivity contribution in [2.24, 2.45) is 0 Å². The first-order chi connectivity index (χ1) is 15.0. The quantitative estimate of drug-likeness (QED) is 0.505. The molecule has 0 unspecified atom stereocenters. The normalized spacial score (nSPS) is 10.8. The fourth-order valence-corrected chi connectivity index (χ4v) is 2.83. The van der Waals surface area contributed by atoms with E-state index < -0.39 is 11.7 Å². The summed E-state index contributed by atoms with van der Waals surface area (Å²) >= 11 is 0. The van der Waals surface area contributed by atoms with Crippen LogP contribution in [0.5, 0.6) is 11.5 Å². The molecule has 0 bridgehead atoms. The standard InChI is InChI=1S/C21H18FN7O2/c1-13(2)29-12-25-28-20(29)18-4-3-5-19(26-18)27-21(30)16-8-14(6-7-17(16)22)31-15-9-23-11-24-10-15/h3-13H,1-2H3,(H,26,27,30). The average molecular weight is 419 g/mol. The van der Waals surface area contributed by atoms with E-state index in [1.54, 1.807) is 24.5 Å². The number of benzene rings is 1. The lowest BCUT2D eigenvalue weighted by molar-refractivity contribution is 0.102. The molecule has 4 rings (SSSR count). The topological polar surface area (TPSA) is 108 Å². The molecule has 1 aromatic carbocycles. The number of hydrogen-bond acceptors (Lipinski definition) is 7. The van der Waals surface area contributed by atoms with Crippen molar-refractivity contribution in [1.29, 1.82) is 0 Å². The highest BCUT2D eigenvalue weighted by molar-refractivity contribution is 6.04. The molecule has 31 heavy (non-hydrogen) atoms. The van der Waals surface area contributed by atoms with E-state index in [9.17, 15) is 9.18 Å². The van der Waals surface area contributed by atoms with Crippen LogP contribution in [0.15, 0.2) is 61.4 Å². The van der Waals surface area contributed by atoms with Crippen molar-refractivity contribution in [3.05, 3.63) is 72.8 Å². The number of anilines is 1. The molecule has 0 radical (unpaired) electrons. The van der Waals surface area contributed by atoms with Crippen molar-refractivity contribution < 1.29 is 13.9 Å². The van der Waals surface area contributed by atoms with Crippen molar-refractivity contribution in [3.8, 4) is 23.0 Å². The molecule has 4 aromatic rings. The summed E-state index contributed by atoms with van der Waals surface area (Å²) in [6.45, 7) is 4.00. The zero-order chi connectivity index (χ0) is 21.8. The smallest absolute Gasteiger partial charge is 0.259 e. The molecule has 0 saturated carbocycles. The van der Waals surface area contributed by atoms with E-state index in [4.69, 9.17) is 4.74 Å². The van der Waals surface area contributed by atoms with Gasteiger partial charge in [-0.2, -0.15) is 0 Å². The van der Waals surface area contributed by atoms with Crippen LogP contribution in [0.3, 0.4) is 0 Å². The van der Waals surface area contributed by atoms with E-state index >= 15 is 0 Å². The van der Waals surface area contributed by atoms with E-state index in [-0.39, 0.29) is 23.2 Å². The molecule has 0 saturated heterocycles. The summed E-state index contributed by atoms with van der Waals surface area (Å²) in [5.41, 5.74) is 0.345. The van der Waals surface area contributed by atoms with Gasteiger partial charge in [0.15, 0.2) is 11.6 Å². The maximum Gasteiger partial charge on any atom is 0.259 e. The molecule has 0 fully saturated rings. The van der Waals surface area contributed by atoms with Crippen LogP contribution in [-0.4, -0.2) is 35.6 Å². The minimum atomic E-state index is -0.690. The van der Waals surface area contributed by atoms with Gasteiger partial charge >= 0.3 is 0 Å². The zero-order valence-corrected chi connectivity index (χ0v) is 16.7. The van der Waals surface area contributed by atoms with Crippen molar-refractivity contribution in [3.63, 3.8) is 0 Å². The van der Waals surface area contributed by atoms with Gasteiger partial charge in [-0.25, -0.2) is 19.3 Å². The fourth-order valence-electron chi connectivity index (χ4n) is 2.83. The Labute approximate surface area is 177 Å². The average Bonchev–Trinajstić information content (AvgIpc) is 3.26. The summed E-state index contributed by atoms with van der Waals surface area (Å²) in [4.78, 5) is 24.8. The Morgan fingerprint density at radius 2 is 1.94 bits per heavy atom. The Morgan fingerprint density at radius 1 is 1.13 bits per heavy atom. The van der Waals surface area contributed by atoms with Crippen LogP contribution < -0.4 is 10.1 Å². The van der Waals surface area contributed by atoms with Crippen molar-refractivity contribution in [2.75, 3.05) is 5.32 Å². The Kier molecular flexibility index (Phi) is 5.61. The van der Waals surface area contributed by atoms with Crippen LogP contribution in [0.2, 0.25) is 0 Å². The van der Waals surface area contributed by atoms with Gasteiger partial charge in [-0.3, -0.25) is 4.79 Å². The first-order valence-corrected chi connectivity index (χ1v) is 9.42. The molecule has 0 spiro atoms. The molecule has 10 heteroatoms. The Morgan fingerprint density at radius 3 is 2.71 bits per heavy atom. The van der Waals surface area contributed by atoms with Crippen LogP contribution in [0, 0.1) is 5.82 Å². The fraction of sp³-hybridized carbons (Fsp3) is 0.143. The molecule has 9 nitrogen and oxygen atoms in total. The Balaban J connectivity index is 1.56. The Hall–Kier alpha value is -4.21. The van der Waals surface area contributed by atoms with Crippen LogP contribution >= 0.6 is 0 Å². The predicted molar refractivity (Wildman–Crippen MR) is 110 cm³/mol. The first-order valence-electron chi connectivity index (χ1n) is 9.42. The third kappa shape index (κ3) is 4.53. The number of hydrogen-bond donors (Lipinski definition) is 1. The molecule has 0 aliphatic rings. The van der Waals surface area contributed by atoms with Gasteiger partial charge in [0.25, 0.3) is 5.91 Å². The van der Waals surface area contributed by atoms with Crippen LogP contribution in [-0.2, 0) is 0 Å². The summed E-state index contributed by atoms with van der Waals surface area (Å²) in [5, 5.41) is 10.6. The molecule has 3 aromatic heterocycles. The van der Waals surface area contributed by atoms with Crippen molar-refractivity contribution >= 4 is 11.7 Å². The van der Waals surface area contributed by atoms with Crippen LogP contribution in [0.1, 0.15) is 30.2 Å². The summed E-state index contributed by atoms with van der Waals surface area (Å²) in [5.74, 6) is 0.102. The molecule has 1 amide bonds. The lowest BCUT2D eigenvalue weighted by atomic mass is 10.2. The molecular formula is C21H18FN7O2. The molecule has 156 valence electrons. The summed E-state index contributed by atoms with van der Waals surface area (Å²) in [6.07, 6.45) is 5.90. The summed E-state index contributed by atoms with van der Waals surface area (Å²) in [6, 6.07) is 9.10. The third-order valence-corrected chi connectivity index (χ3v) is 4.30. The number of carbonyl (C=O) groups excluding carboxylic acids is 1. The minimum Gasteiger partial charge on any atom is -0.454 e. The number of halogens is 1. The van der Waals surface area contributed by atoms with Gasteiger partial charge in [0.1, 0.15) is 35.7 Å². The summed E-state index contributed by atoms with van der Waals surface area (Å²) < 4.78 is 21.8. The molecular weight excluding hydrogens is 401 g/mol. The van der Waals surface area contributed by atoms with E-state index in [1.807, 2.05) is 18.4 Å². The van der Waals surface area contributed by atoms with Crippen molar-refractivity contribution in [2.45, 2.75) is 19.9 Å². The molecule has 3 heterocycles. The van der Waals surface area contributed by atoms with Crippen molar-refractivity contribution in [1.82, 2.24) is 29.7 Å².